The standard InChI is InChI=1S/C17H13Cl3N2O2/c18-11-5-6-13(20)15(8-11)22-9-10(7-16(22)23)17(24)21-14-4-2-1-3-12(14)19/h1-6,8,10H,7,9H2,(H,21,24)/t10-/m0/s1. The fourth-order valence-corrected chi connectivity index (χ4v) is 3.17. The second kappa shape index (κ2) is 7.01. The van der Waals surface area contributed by atoms with Gasteiger partial charge < -0.3 is 10.2 Å². The minimum atomic E-state index is -0.483. The summed E-state index contributed by atoms with van der Waals surface area (Å²) in [6.45, 7) is 0.245. The zero-order valence-corrected chi connectivity index (χ0v) is 14.7. The van der Waals surface area contributed by atoms with Crippen molar-refractivity contribution in [2.75, 3.05) is 16.8 Å². The topological polar surface area (TPSA) is 49.4 Å². The first-order valence-electron chi connectivity index (χ1n) is 7.26. The monoisotopic (exact) mass is 382 g/mol. The highest BCUT2D eigenvalue weighted by atomic mass is 35.5. The lowest BCUT2D eigenvalue weighted by Gasteiger charge is -2.18. The summed E-state index contributed by atoms with van der Waals surface area (Å²) >= 11 is 18.2. The van der Waals surface area contributed by atoms with Crippen molar-refractivity contribution in [1.82, 2.24) is 0 Å². The van der Waals surface area contributed by atoms with Gasteiger partial charge in [-0.2, -0.15) is 0 Å². The average molecular weight is 384 g/mol. The molecule has 1 saturated heterocycles. The van der Waals surface area contributed by atoms with Crippen molar-refractivity contribution in [3.05, 3.63) is 57.5 Å². The van der Waals surface area contributed by atoms with Gasteiger partial charge in [0.25, 0.3) is 0 Å². The van der Waals surface area contributed by atoms with E-state index in [2.05, 4.69) is 5.32 Å². The number of nitrogens with one attached hydrogen (secondary N) is 1. The number of anilines is 2. The highest BCUT2D eigenvalue weighted by molar-refractivity contribution is 6.36. The number of para-hydroxylation sites is 1. The Morgan fingerprint density at radius 2 is 1.83 bits per heavy atom. The molecule has 1 aliphatic rings. The summed E-state index contributed by atoms with van der Waals surface area (Å²) in [4.78, 5) is 26.2. The van der Waals surface area contributed by atoms with E-state index in [4.69, 9.17) is 34.8 Å². The Morgan fingerprint density at radius 1 is 1.08 bits per heavy atom. The number of hydrogen-bond donors (Lipinski definition) is 1. The van der Waals surface area contributed by atoms with Crippen molar-refractivity contribution in [2.24, 2.45) is 5.92 Å². The van der Waals surface area contributed by atoms with E-state index in [1.165, 1.54) is 4.90 Å². The third-order valence-corrected chi connectivity index (χ3v) is 4.71. The number of hydrogen-bond acceptors (Lipinski definition) is 2. The van der Waals surface area contributed by atoms with Crippen LogP contribution in [0.4, 0.5) is 11.4 Å². The smallest absolute Gasteiger partial charge is 0.229 e. The predicted molar refractivity (Wildman–Crippen MR) is 97.0 cm³/mol. The average Bonchev–Trinajstić information content (AvgIpc) is 2.94. The molecule has 2 aromatic rings. The molecule has 0 bridgehead atoms. The summed E-state index contributed by atoms with van der Waals surface area (Å²) in [5.74, 6) is -0.903. The molecule has 0 unspecified atom stereocenters. The van der Waals surface area contributed by atoms with Crippen molar-refractivity contribution in [1.29, 1.82) is 0 Å². The van der Waals surface area contributed by atoms with Crippen LogP contribution in [0.1, 0.15) is 6.42 Å². The van der Waals surface area contributed by atoms with E-state index in [1.54, 1.807) is 42.5 Å². The van der Waals surface area contributed by atoms with Crippen LogP contribution in [0.2, 0.25) is 15.1 Å². The first-order valence-corrected chi connectivity index (χ1v) is 8.40. The van der Waals surface area contributed by atoms with Gasteiger partial charge >= 0.3 is 0 Å². The van der Waals surface area contributed by atoms with Gasteiger partial charge in [0.1, 0.15) is 0 Å². The summed E-state index contributed by atoms with van der Waals surface area (Å²) in [5.41, 5.74) is 1.04. The van der Waals surface area contributed by atoms with Crippen molar-refractivity contribution in [2.45, 2.75) is 6.42 Å². The first-order chi connectivity index (χ1) is 11.5. The van der Waals surface area contributed by atoms with Gasteiger partial charge in [0, 0.05) is 18.0 Å². The number of halogens is 3. The van der Waals surface area contributed by atoms with Crippen molar-refractivity contribution >= 4 is 58.0 Å². The molecule has 2 aromatic carbocycles. The van der Waals surface area contributed by atoms with Crippen LogP contribution >= 0.6 is 34.8 Å². The van der Waals surface area contributed by atoms with Crippen LogP contribution < -0.4 is 10.2 Å². The molecule has 0 radical (unpaired) electrons. The van der Waals surface area contributed by atoms with Crippen LogP contribution in [0.15, 0.2) is 42.5 Å². The van der Waals surface area contributed by atoms with Crippen molar-refractivity contribution < 1.29 is 9.59 Å². The van der Waals surface area contributed by atoms with Crippen molar-refractivity contribution in [3.8, 4) is 0 Å². The lowest BCUT2D eigenvalue weighted by molar-refractivity contribution is -0.122. The second-order valence-corrected chi connectivity index (χ2v) is 6.72. The van der Waals surface area contributed by atoms with Crippen molar-refractivity contribution in [3.63, 3.8) is 0 Å². The Kier molecular flexibility index (Phi) is 4.99. The van der Waals surface area contributed by atoms with Crippen LogP contribution in [0, 0.1) is 5.92 Å². The molecule has 1 atom stereocenters. The summed E-state index contributed by atoms with van der Waals surface area (Å²) < 4.78 is 0. The quantitative estimate of drug-likeness (QED) is 0.839. The van der Waals surface area contributed by atoms with E-state index in [-0.39, 0.29) is 24.8 Å². The first kappa shape index (κ1) is 17.1. The minimum absolute atomic E-state index is 0.110. The molecular weight excluding hydrogens is 371 g/mol. The number of carbonyl (C=O) groups is 2. The molecule has 3 rings (SSSR count). The third kappa shape index (κ3) is 3.51. The number of amides is 2. The maximum absolute atomic E-state index is 12.4. The third-order valence-electron chi connectivity index (χ3n) is 3.83. The Balaban J connectivity index is 1.76. The molecule has 7 heteroatoms. The Hall–Kier alpha value is -1.75. The molecule has 1 aliphatic heterocycles. The van der Waals surface area contributed by atoms with Crippen LogP contribution in [-0.4, -0.2) is 18.4 Å². The molecule has 0 aliphatic carbocycles. The van der Waals surface area contributed by atoms with E-state index >= 15 is 0 Å². The van der Waals surface area contributed by atoms with Gasteiger partial charge in [0.05, 0.1) is 27.3 Å². The second-order valence-electron chi connectivity index (χ2n) is 5.47. The van der Waals surface area contributed by atoms with Gasteiger partial charge in [0.15, 0.2) is 0 Å². The van der Waals surface area contributed by atoms with Gasteiger partial charge in [0.2, 0.25) is 11.8 Å². The fraction of sp³-hybridized carbons (Fsp3) is 0.176. The molecule has 0 aromatic heterocycles. The maximum Gasteiger partial charge on any atom is 0.229 e. The maximum atomic E-state index is 12.4. The van der Waals surface area contributed by atoms with Gasteiger partial charge in [-0.05, 0) is 30.3 Å². The normalized spacial score (nSPS) is 17.2. The molecule has 1 fully saturated rings. The highest BCUT2D eigenvalue weighted by Gasteiger charge is 2.36. The zero-order chi connectivity index (χ0) is 17.3. The number of rotatable bonds is 3. The van der Waals surface area contributed by atoms with E-state index in [9.17, 15) is 9.59 Å². The molecule has 1 N–H and O–H groups in total. The predicted octanol–water partition coefficient (Wildman–Crippen LogP) is 4.64. The molecule has 1 heterocycles. The summed E-state index contributed by atoms with van der Waals surface area (Å²) in [6, 6.07) is 11.9. The van der Waals surface area contributed by atoms with Crippen LogP contribution in [-0.2, 0) is 9.59 Å². The van der Waals surface area contributed by atoms with Gasteiger partial charge in [-0.1, -0.05) is 46.9 Å². The minimum Gasteiger partial charge on any atom is -0.324 e. The van der Waals surface area contributed by atoms with Gasteiger partial charge in [-0.15, -0.1) is 0 Å². The van der Waals surface area contributed by atoms with E-state index in [0.29, 0.717) is 26.4 Å². The fourth-order valence-electron chi connectivity index (χ4n) is 2.61. The number of benzene rings is 2. The summed E-state index contributed by atoms with van der Waals surface area (Å²) in [6.07, 6.45) is 0.110. The van der Waals surface area contributed by atoms with Crippen LogP contribution in [0.3, 0.4) is 0 Å². The molecular formula is C17H13Cl3N2O2. The van der Waals surface area contributed by atoms with Gasteiger partial charge in [-0.25, -0.2) is 0 Å². The summed E-state index contributed by atoms with van der Waals surface area (Å²) in [5, 5.41) is 4.11. The molecule has 4 nitrogen and oxygen atoms in total. The Bertz CT molecular complexity index is 810. The highest BCUT2D eigenvalue weighted by Crippen LogP contribution is 2.34. The molecule has 24 heavy (non-hydrogen) atoms. The lowest BCUT2D eigenvalue weighted by atomic mass is 10.1. The Labute approximate surface area is 154 Å². The molecule has 124 valence electrons. The SMILES string of the molecule is O=C(Nc1ccccc1Cl)[C@H]1CC(=O)N(c2cc(Cl)ccc2Cl)C1. The molecule has 0 spiro atoms. The van der Waals surface area contributed by atoms with E-state index in [1.807, 2.05) is 0 Å². The Morgan fingerprint density at radius 3 is 2.58 bits per heavy atom. The van der Waals surface area contributed by atoms with Crippen LogP contribution in [0.25, 0.3) is 0 Å². The van der Waals surface area contributed by atoms with Crippen LogP contribution in [0.5, 0.6) is 0 Å². The number of nitrogens with zero attached hydrogens (tertiary/aromatic N) is 1. The zero-order valence-electron chi connectivity index (χ0n) is 12.4. The summed E-state index contributed by atoms with van der Waals surface area (Å²) in [7, 11) is 0. The van der Waals surface area contributed by atoms with Gasteiger partial charge in [-0.3, -0.25) is 9.59 Å². The molecule has 2 amide bonds. The number of carbonyl (C=O) groups excluding carboxylic acids is 2. The molecule has 0 saturated carbocycles. The van der Waals surface area contributed by atoms with E-state index < -0.39 is 5.92 Å². The lowest BCUT2D eigenvalue weighted by Crippen LogP contribution is -2.28. The van der Waals surface area contributed by atoms with E-state index in [0.717, 1.165) is 0 Å². The largest absolute Gasteiger partial charge is 0.324 e.